The van der Waals surface area contributed by atoms with Crippen LogP contribution in [0.3, 0.4) is 0 Å². The van der Waals surface area contributed by atoms with Gasteiger partial charge in [0.15, 0.2) is 5.78 Å². The van der Waals surface area contributed by atoms with Gasteiger partial charge in [-0.25, -0.2) is 0 Å². The van der Waals surface area contributed by atoms with Gasteiger partial charge in [-0.05, 0) is 11.5 Å². The van der Waals surface area contributed by atoms with E-state index < -0.39 is 0 Å². The average molecular weight is 136 g/mol. The first-order chi connectivity index (χ1) is 4.58. The van der Waals surface area contributed by atoms with Gasteiger partial charge in [0, 0.05) is 5.92 Å². The van der Waals surface area contributed by atoms with Crippen molar-refractivity contribution in [1.82, 2.24) is 0 Å². The monoisotopic (exact) mass is 136 g/mol. The lowest BCUT2D eigenvalue weighted by Crippen LogP contribution is -2.20. The van der Waals surface area contributed by atoms with E-state index in [-0.39, 0.29) is 17.1 Å². The van der Waals surface area contributed by atoms with E-state index in [0.29, 0.717) is 0 Å². The summed E-state index contributed by atoms with van der Waals surface area (Å²) in [6.45, 7) is 7.71. The quantitative estimate of drug-likeness (QED) is 0.503. The summed E-state index contributed by atoms with van der Waals surface area (Å²) >= 11 is 0. The smallest absolute Gasteiger partial charge is 0.163 e. The number of ketones is 1. The van der Waals surface area contributed by atoms with Crippen molar-refractivity contribution in [2.45, 2.75) is 13.8 Å². The van der Waals surface area contributed by atoms with E-state index >= 15 is 0 Å². The molecule has 0 fully saturated rings. The van der Waals surface area contributed by atoms with Gasteiger partial charge in [-0.3, -0.25) is 4.79 Å². The molecule has 1 heteroatoms. The Morgan fingerprint density at radius 1 is 1.70 bits per heavy atom. The first kappa shape index (κ1) is 7.26. The van der Waals surface area contributed by atoms with Gasteiger partial charge in [0.1, 0.15) is 0 Å². The Labute approximate surface area is 61.4 Å². The molecular formula is C9H12O. The Morgan fingerprint density at radius 3 is 2.50 bits per heavy atom. The number of hydrogen-bond donors (Lipinski definition) is 0. The summed E-state index contributed by atoms with van der Waals surface area (Å²) in [6, 6.07) is 0. The molecule has 1 nitrogen and oxygen atoms in total. The summed E-state index contributed by atoms with van der Waals surface area (Å²) in [7, 11) is 0. The molecule has 1 aliphatic rings. The van der Waals surface area contributed by atoms with Crippen molar-refractivity contribution in [3.8, 4) is 0 Å². The molecule has 1 unspecified atom stereocenters. The van der Waals surface area contributed by atoms with Crippen LogP contribution in [0.2, 0.25) is 0 Å². The third-order valence-electron chi connectivity index (χ3n) is 2.02. The molecule has 0 radical (unpaired) electrons. The van der Waals surface area contributed by atoms with Crippen molar-refractivity contribution in [3.63, 3.8) is 0 Å². The number of rotatable bonds is 1. The van der Waals surface area contributed by atoms with Gasteiger partial charge >= 0.3 is 0 Å². The van der Waals surface area contributed by atoms with Gasteiger partial charge in [-0.15, -0.1) is 6.58 Å². The van der Waals surface area contributed by atoms with Crippen LogP contribution in [0.25, 0.3) is 0 Å². The molecule has 0 aromatic rings. The molecule has 0 heterocycles. The molecule has 0 aromatic heterocycles. The molecule has 0 N–H and O–H groups in total. The molecule has 0 spiro atoms. The number of hydrogen-bond acceptors (Lipinski definition) is 1. The third kappa shape index (κ3) is 0.919. The van der Waals surface area contributed by atoms with E-state index in [2.05, 4.69) is 6.58 Å². The van der Waals surface area contributed by atoms with Gasteiger partial charge in [0.25, 0.3) is 0 Å². The second-order valence-corrected chi connectivity index (χ2v) is 3.27. The second-order valence-electron chi connectivity index (χ2n) is 3.27. The highest BCUT2D eigenvalue weighted by Crippen LogP contribution is 2.35. The van der Waals surface area contributed by atoms with Crippen molar-refractivity contribution in [2.75, 3.05) is 0 Å². The molecule has 1 rings (SSSR count). The lowest BCUT2D eigenvalue weighted by molar-refractivity contribution is -0.117. The lowest BCUT2D eigenvalue weighted by atomic mass is 9.82. The number of allylic oxidation sites excluding steroid dienone is 3. The van der Waals surface area contributed by atoms with Gasteiger partial charge in [0.05, 0.1) is 0 Å². The van der Waals surface area contributed by atoms with Crippen LogP contribution in [-0.2, 0) is 4.79 Å². The fraction of sp³-hybridized carbons (Fsp3) is 0.444. The van der Waals surface area contributed by atoms with Crippen molar-refractivity contribution < 1.29 is 4.79 Å². The van der Waals surface area contributed by atoms with Gasteiger partial charge < -0.3 is 0 Å². The first-order valence-corrected chi connectivity index (χ1v) is 3.43. The van der Waals surface area contributed by atoms with Crippen LogP contribution in [0.15, 0.2) is 24.8 Å². The number of carbonyl (C=O) groups is 1. The van der Waals surface area contributed by atoms with Gasteiger partial charge in [0.2, 0.25) is 0 Å². The van der Waals surface area contributed by atoms with E-state index in [4.69, 9.17) is 0 Å². The van der Waals surface area contributed by atoms with E-state index in [0.717, 1.165) is 0 Å². The molecule has 0 aliphatic heterocycles. The molecule has 0 saturated carbocycles. The minimum absolute atomic E-state index is 0.00694. The molecule has 10 heavy (non-hydrogen) atoms. The molecule has 0 bridgehead atoms. The van der Waals surface area contributed by atoms with Crippen LogP contribution in [0.4, 0.5) is 0 Å². The number of carbonyl (C=O) groups excluding carboxylic acids is 1. The van der Waals surface area contributed by atoms with Crippen molar-refractivity contribution in [2.24, 2.45) is 11.3 Å². The molecule has 54 valence electrons. The Balaban J connectivity index is 2.92. The minimum Gasteiger partial charge on any atom is -0.294 e. The molecule has 0 aromatic carbocycles. The van der Waals surface area contributed by atoms with Crippen LogP contribution in [0.1, 0.15) is 13.8 Å². The predicted octanol–water partition coefficient (Wildman–Crippen LogP) is 1.95. The maximum Gasteiger partial charge on any atom is 0.163 e. The second kappa shape index (κ2) is 2.08. The standard InChI is InChI=1S/C9H12O/c1-4-7-8(10)5-6-9(7,2)3/h4-7H,1H2,2-3H3. The van der Waals surface area contributed by atoms with Crippen LogP contribution in [0, 0.1) is 11.3 Å². The molecule has 0 saturated heterocycles. The maximum absolute atomic E-state index is 11.1. The summed E-state index contributed by atoms with van der Waals surface area (Å²) in [4.78, 5) is 11.1. The van der Waals surface area contributed by atoms with E-state index in [9.17, 15) is 4.79 Å². The zero-order valence-electron chi connectivity index (χ0n) is 6.42. The van der Waals surface area contributed by atoms with Crippen LogP contribution in [-0.4, -0.2) is 5.78 Å². The van der Waals surface area contributed by atoms with Crippen molar-refractivity contribution in [1.29, 1.82) is 0 Å². The molecule has 0 amide bonds. The zero-order valence-corrected chi connectivity index (χ0v) is 6.42. The topological polar surface area (TPSA) is 17.1 Å². The molecule has 1 aliphatic carbocycles. The van der Waals surface area contributed by atoms with Crippen LogP contribution < -0.4 is 0 Å². The van der Waals surface area contributed by atoms with Gasteiger partial charge in [-0.1, -0.05) is 26.0 Å². The highest BCUT2D eigenvalue weighted by Gasteiger charge is 2.33. The fourth-order valence-corrected chi connectivity index (χ4v) is 1.29. The van der Waals surface area contributed by atoms with Gasteiger partial charge in [-0.2, -0.15) is 0 Å². The largest absolute Gasteiger partial charge is 0.294 e. The summed E-state index contributed by atoms with van der Waals surface area (Å²) in [5.41, 5.74) is -0.0150. The van der Waals surface area contributed by atoms with Crippen LogP contribution in [0.5, 0.6) is 0 Å². The van der Waals surface area contributed by atoms with E-state index in [1.807, 2.05) is 19.9 Å². The SMILES string of the molecule is C=CC1C(=O)C=CC1(C)C. The summed E-state index contributed by atoms with van der Waals surface area (Å²) in [5.74, 6) is 0.174. The Morgan fingerprint density at radius 2 is 2.30 bits per heavy atom. The molecule has 1 atom stereocenters. The van der Waals surface area contributed by atoms with Crippen molar-refractivity contribution in [3.05, 3.63) is 24.8 Å². The fourth-order valence-electron chi connectivity index (χ4n) is 1.29. The summed E-state index contributed by atoms with van der Waals surface area (Å²) < 4.78 is 0. The Bertz CT molecular complexity index is 199. The van der Waals surface area contributed by atoms with Crippen LogP contribution >= 0.6 is 0 Å². The Kier molecular flexibility index (Phi) is 1.51. The summed E-state index contributed by atoms with van der Waals surface area (Å²) in [5, 5.41) is 0. The normalized spacial score (nSPS) is 29.0. The summed E-state index contributed by atoms with van der Waals surface area (Å²) in [6.07, 6.45) is 5.32. The lowest BCUT2D eigenvalue weighted by Gasteiger charge is -2.20. The zero-order chi connectivity index (χ0) is 7.78. The molecular weight excluding hydrogens is 124 g/mol. The average Bonchev–Trinajstić information content (AvgIpc) is 2.07. The minimum atomic E-state index is -0.0150. The first-order valence-electron chi connectivity index (χ1n) is 3.43. The highest BCUT2D eigenvalue weighted by molar-refractivity contribution is 5.96. The highest BCUT2D eigenvalue weighted by atomic mass is 16.1. The Hall–Kier alpha value is -0.850. The van der Waals surface area contributed by atoms with Crippen molar-refractivity contribution >= 4 is 5.78 Å². The predicted molar refractivity (Wildman–Crippen MR) is 41.6 cm³/mol. The maximum atomic E-state index is 11.1. The third-order valence-corrected chi connectivity index (χ3v) is 2.02. The van der Waals surface area contributed by atoms with E-state index in [1.54, 1.807) is 12.2 Å². The van der Waals surface area contributed by atoms with E-state index in [1.165, 1.54) is 0 Å².